The average Bonchev–Trinajstić information content (AvgIpc) is 2.38. The summed E-state index contributed by atoms with van der Waals surface area (Å²) in [6.45, 7) is 12.9. The highest BCUT2D eigenvalue weighted by atomic mass is 16.5. The van der Waals surface area contributed by atoms with E-state index in [1.807, 2.05) is 0 Å². The molecule has 1 aliphatic rings. The second-order valence-corrected chi connectivity index (χ2v) is 6.20. The summed E-state index contributed by atoms with van der Waals surface area (Å²) in [5.74, 6) is 0. The smallest absolute Gasteiger partial charge is 0.0594 e. The number of hydrogen-bond acceptors (Lipinski definition) is 2. The van der Waals surface area contributed by atoms with Crippen LogP contribution in [-0.2, 0) is 10.2 Å². The second kappa shape index (κ2) is 5.41. The molecule has 0 amide bonds. The zero-order chi connectivity index (χ0) is 13.2. The van der Waals surface area contributed by atoms with E-state index in [0.29, 0.717) is 6.04 Å². The van der Waals surface area contributed by atoms with Gasteiger partial charge < -0.3 is 4.74 Å². The highest BCUT2D eigenvalue weighted by Crippen LogP contribution is 2.26. The molecule has 1 aromatic carbocycles. The molecule has 0 spiro atoms. The van der Waals surface area contributed by atoms with E-state index >= 15 is 0 Å². The zero-order valence-electron chi connectivity index (χ0n) is 12.1. The molecule has 0 radical (unpaired) electrons. The van der Waals surface area contributed by atoms with Gasteiger partial charge >= 0.3 is 0 Å². The van der Waals surface area contributed by atoms with E-state index in [0.717, 1.165) is 26.3 Å². The molecule has 1 atom stereocenters. The Balaban J connectivity index is 2.09. The lowest BCUT2D eigenvalue weighted by molar-refractivity contribution is 0.0198. The fraction of sp³-hybridized carbons (Fsp3) is 0.625. The van der Waals surface area contributed by atoms with Crippen molar-refractivity contribution in [2.45, 2.75) is 39.2 Å². The van der Waals surface area contributed by atoms with Crippen LogP contribution in [0.2, 0.25) is 0 Å². The quantitative estimate of drug-likeness (QED) is 0.794. The first kappa shape index (κ1) is 13.6. The average molecular weight is 247 g/mol. The number of benzene rings is 1. The summed E-state index contributed by atoms with van der Waals surface area (Å²) >= 11 is 0. The maximum absolute atomic E-state index is 5.41. The van der Waals surface area contributed by atoms with Gasteiger partial charge in [-0.1, -0.05) is 45.0 Å². The van der Waals surface area contributed by atoms with E-state index < -0.39 is 0 Å². The molecule has 1 unspecified atom stereocenters. The van der Waals surface area contributed by atoms with E-state index in [1.54, 1.807) is 0 Å². The van der Waals surface area contributed by atoms with Gasteiger partial charge in [-0.05, 0) is 23.5 Å². The van der Waals surface area contributed by atoms with Crippen molar-refractivity contribution < 1.29 is 4.74 Å². The third-order valence-corrected chi connectivity index (χ3v) is 3.85. The van der Waals surface area contributed by atoms with Crippen LogP contribution in [0.25, 0.3) is 0 Å². The zero-order valence-corrected chi connectivity index (χ0v) is 12.1. The van der Waals surface area contributed by atoms with Gasteiger partial charge in [0.05, 0.1) is 13.2 Å². The normalized spacial score (nSPS) is 19.8. The van der Waals surface area contributed by atoms with Crippen LogP contribution >= 0.6 is 0 Å². The van der Waals surface area contributed by atoms with Gasteiger partial charge in [-0.15, -0.1) is 0 Å². The number of nitrogens with zero attached hydrogens (tertiary/aromatic N) is 1. The van der Waals surface area contributed by atoms with Crippen molar-refractivity contribution in [3.8, 4) is 0 Å². The lowest BCUT2D eigenvalue weighted by atomic mass is 9.86. The molecular weight excluding hydrogens is 222 g/mol. The molecule has 0 aromatic heterocycles. The maximum atomic E-state index is 5.41. The number of ether oxygens (including phenoxy) is 1. The predicted octanol–water partition coefficient (Wildman–Crippen LogP) is 3.38. The van der Waals surface area contributed by atoms with Crippen molar-refractivity contribution in [2.24, 2.45) is 0 Å². The summed E-state index contributed by atoms with van der Waals surface area (Å²) in [5, 5.41) is 0. The molecule has 1 saturated heterocycles. The van der Waals surface area contributed by atoms with Crippen molar-refractivity contribution in [2.75, 3.05) is 26.3 Å². The number of hydrogen-bond donors (Lipinski definition) is 0. The molecule has 0 bridgehead atoms. The highest BCUT2D eigenvalue weighted by Gasteiger charge is 2.19. The Kier molecular flexibility index (Phi) is 4.08. The summed E-state index contributed by atoms with van der Waals surface area (Å²) < 4.78 is 5.41. The fourth-order valence-electron chi connectivity index (χ4n) is 2.44. The molecule has 2 heteroatoms. The molecule has 0 N–H and O–H groups in total. The molecule has 1 aromatic rings. The number of morpholine rings is 1. The highest BCUT2D eigenvalue weighted by molar-refractivity contribution is 5.29. The van der Waals surface area contributed by atoms with Gasteiger partial charge in [0.1, 0.15) is 0 Å². The van der Waals surface area contributed by atoms with Crippen LogP contribution in [0.15, 0.2) is 24.3 Å². The van der Waals surface area contributed by atoms with Gasteiger partial charge in [0, 0.05) is 19.1 Å². The summed E-state index contributed by atoms with van der Waals surface area (Å²) in [6, 6.07) is 9.59. The van der Waals surface area contributed by atoms with Crippen molar-refractivity contribution in [3.05, 3.63) is 35.4 Å². The van der Waals surface area contributed by atoms with Gasteiger partial charge in [-0.2, -0.15) is 0 Å². The predicted molar refractivity (Wildman–Crippen MR) is 75.9 cm³/mol. The molecule has 1 heterocycles. The first-order valence-electron chi connectivity index (χ1n) is 6.91. The van der Waals surface area contributed by atoms with Crippen LogP contribution in [0.5, 0.6) is 0 Å². The van der Waals surface area contributed by atoms with E-state index in [-0.39, 0.29) is 5.41 Å². The topological polar surface area (TPSA) is 12.5 Å². The Labute approximate surface area is 111 Å². The lowest BCUT2D eigenvalue weighted by Gasteiger charge is -2.32. The molecule has 0 saturated carbocycles. The van der Waals surface area contributed by atoms with Crippen LogP contribution in [-0.4, -0.2) is 31.2 Å². The number of rotatable bonds is 2. The molecule has 2 rings (SSSR count). The van der Waals surface area contributed by atoms with Gasteiger partial charge in [0.25, 0.3) is 0 Å². The molecule has 18 heavy (non-hydrogen) atoms. The van der Waals surface area contributed by atoms with Crippen LogP contribution < -0.4 is 0 Å². The lowest BCUT2D eigenvalue weighted by Crippen LogP contribution is -2.38. The minimum Gasteiger partial charge on any atom is -0.379 e. The van der Waals surface area contributed by atoms with E-state index in [2.05, 4.69) is 56.9 Å². The molecule has 1 fully saturated rings. The van der Waals surface area contributed by atoms with Crippen molar-refractivity contribution in [1.82, 2.24) is 4.90 Å². The molecular formula is C16H25NO. The Morgan fingerprint density at radius 2 is 1.61 bits per heavy atom. The van der Waals surface area contributed by atoms with Crippen LogP contribution in [0, 0.1) is 0 Å². The Morgan fingerprint density at radius 1 is 1.06 bits per heavy atom. The SMILES string of the molecule is CC(c1ccc(C(C)(C)C)cc1)N1CCOCC1. The maximum Gasteiger partial charge on any atom is 0.0594 e. The summed E-state index contributed by atoms with van der Waals surface area (Å²) in [6.07, 6.45) is 0. The molecule has 2 nitrogen and oxygen atoms in total. The Morgan fingerprint density at radius 3 is 2.11 bits per heavy atom. The third kappa shape index (κ3) is 3.12. The summed E-state index contributed by atoms with van der Waals surface area (Å²) in [7, 11) is 0. The molecule has 0 aliphatic carbocycles. The summed E-state index contributed by atoms with van der Waals surface area (Å²) in [4.78, 5) is 2.50. The summed E-state index contributed by atoms with van der Waals surface area (Å²) in [5.41, 5.74) is 3.05. The fourth-order valence-corrected chi connectivity index (χ4v) is 2.44. The van der Waals surface area contributed by atoms with Crippen molar-refractivity contribution in [3.63, 3.8) is 0 Å². The van der Waals surface area contributed by atoms with Crippen LogP contribution in [0.4, 0.5) is 0 Å². The van der Waals surface area contributed by atoms with Gasteiger partial charge in [-0.3, -0.25) is 4.90 Å². The van der Waals surface area contributed by atoms with E-state index in [1.165, 1.54) is 11.1 Å². The minimum atomic E-state index is 0.237. The van der Waals surface area contributed by atoms with Gasteiger partial charge in [0.2, 0.25) is 0 Å². The molecule has 100 valence electrons. The molecule has 1 aliphatic heterocycles. The van der Waals surface area contributed by atoms with E-state index in [4.69, 9.17) is 4.74 Å². The van der Waals surface area contributed by atoms with Crippen LogP contribution in [0.3, 0.4) is 0 Å². The van der Waals surface area contributed by atoms with Crippen molar-refractivity contribution in [1.29, 1.82) is 0 Å². The van der Waals surface area contributed by atoms with Gasteiger partial charge in [0.15, 0.2) is 0 Å². The standard InChI is InChI=1S/C16H25NO/c1-13(17-9-11-18-12-10-17)14-5-7-15(8-6-14)16(2,3)4/h5-8,13H,9-12H2,1-4H3. The van der Waals surface area contributed by atoms with Crippen LogP contribution in [0.1, 0.15) is 44.9 Å². The Bertz CT molecular complexity index is 371. The van der Waals surface area contributed by atoms with E-state index in [9.17, 15) is 0 Å². The Hall–Kier alpha value is -0.860. The first-order chi connectivity index (χ1) is 8.48. The third-order valence-electron chi connectivity index (χ3n) is 3.85. The minimum absolute atomic E-state index is 0.237. The largest absolute Gasteiger partial charge is 0.379 e. The van der Waals surface area contributed by atoms with Gasteiger partial charge in [-0.25, -0.2) is 0 Å². The monoisotopic (exact) mass is 247 g/mol. The van der Waals surface area contributed by atoms with Crippen molar-refractivity contribution >= 4 is 0 Å². The second-order valence-electron chi connectivity index (χ2n) is 6.20. The first-order valence-corrected chi connectivity index (χ1v) is 6.91.